The average Bonchev–Trinajstić information content (AvgIpc) is 2.48. The Morgan fingerprint density at radius 1 is 0.950 bits per heavy atom. The second kappa shape index (κ2) is 6.38. The minimum Gasteiger partial charge on any atom is -0.343 e. The lowest BCUT2D eigenvalue weighted by molar-refractivity contribution is -0.130. The summed E-state index contributed by atoms with van der Waals surface area (Å²) in [7, 11) is 1.85. The summed E-state index contributed by atoms with van der Waals surface area (Å²) >= 11 is 0. The van der Waals surface area contributed by atoms with Crippen molar-refractivity contribution in [2.75, 3.05) is 7.05 Å². The Morgan fingerprint density at radius 2 is 1.50 bits per heavy atom. The van der Waals surface area contributed by atoms with Gasteiger partial charge in [-0.3, -0.25) is 4.79 Å². The fourth-order valence-electron chi connectivity index (χ4n) is 2.03. The third-order valence-corrected chi connectivity index (χ3v) is 3.58. The number of carbonyl (C=O) groups excluding carboxylic acids is 1. The van der Waals surface area contributed by atoms with Crippen LogP contribution in [0.1, 0.15) is 19.4 Å². The summed E-state index contributed by atoms with van der Waals surface area (Å²) in [6.45, 7) is 4.05. The van der Waals surface area contributed by atoms with E-state index in [1.807, 2.05) is 51.2 Å². The van der Waals surface area contributed by atoms with Crippen LogP contribution >= 0.6 is 0 Å². The van der Waals surface area contributed by atoms with Crippen molar-refractivity contribution in [3.05, 3.63) is 60.2 Å². The summed E-state index contributed by atoms with van der Waals surface area (Å²) in [6, 6.07) is 18.7. The van der Waals surface area contributed by atoms with Gasteiger partial charge in [0.15, 0.2) is 0 Å². The molecule has 0 bridgehead atoms. The molecule has 0 saturated carbocycles. The highest BCUT2D eigenvalue weighted by Crippen LogP contribution is 2.19. The van der Waals surface area contributed by atoms with E-state index in [0.717, 1.165) is 5.56 Å². The number of hydrogen-bond acceptors (Lipinski definition) is 1. The van der Waals surface area contributed by atoms with Crippen molar-refractivity contribution in [1.82, 2.24) is 4.90 Å². The molecule has 2 nitrogen and oxygen atoms in total. The second-order valence-corrected chi connectivity index (χ2v) is 5.34. The normalized spacial score (nSPS) is 10.6. The van der Waals surface area contributed by atoms with E-state index in [0.29, 0.717) is 6.42 Å². The number of likely N-dealkylation sites (N-methyl/N-ethyl adjacent to an activating group) is 1. The van der Waals surface area contributed by atoms with Crippen molar-refractivity contribution in [2.24, 2.45) is 0 Å². The van der Waals surface area contributed by atoms with Gasteiger partial charge in [0.05, 0.1) is 6.42 Å². The van der Waals surface area contributed by atoms with Crippen LogP contribution in [0, 0.1) is 0 Å². The Hall–Kier alpha value is -2.09. The van der Waals surface area contributed by atoms with Crippen molar-refractivity contribution >= 4 is 5.91 Å². The molecule has 0 saturated heterocycles. The molecule has 0 unspecified atom stereocenters. The van der Waals surface area contributed by atoms with Crippen molar-refractivity contribution in [1.29, 1.82) is 0 Å². The average molecular weight is 267 g/mol. The van der Waals surface area contributed by atoms with Crippen LogP contribution in [0.5, 0.6) is 0 Å². The SMILES string of the molecule is CC(C)N(C)C(=O)Cc1ccc(-c2ccccc2)cc1. The third-order valence-electron chi connectivity index (χ3n) is 3.58. The predicted molar refractivity (Wildman–Crippen MR) is 83.5 cm³/mol. The van der Waals surface area contributed by atoms with E-state index in [1.54, 1.807) is 4.90 Å². The molecule has 0 aliphatic heterocycles. The molecule has 0 N–H and O–H groups in total. The largest absolute Gasteiger partial charge is 0.343 e. The highest BCUT2D eigenvalue weighted by Gasteiger charge is 2.12. The smallest absolute Gasteiger partial charge is 0.226 e. The number of benzene rings is 2. The zero-order valence-electron chi connectivity index (χ0n) is 12.3. The number of amides is 1. The molecule has 2 heteroatoms. The molecule has 0 aliphatic carbocycles. The lowest BCUT2D eigenvalue weighted by Gasteiger charge is -2.21. The van der Waals surface area contributed by atoms with E-state index >= 15 is 0 Å². The molecule has 2 aromatic rings. The van der Waals surface area contributed by atoms with E-state index in [4.69, 9.17) is 0 Å². The topological polar surface area (TPSA) is 20.3 Å². The Bertz CT molecular complexity index is 558. The number of rotatable bonds is 4. The van der Waals surface area contributed by atoms with E-state index in [1.165, 1.54) is 11.1 Å². The van der Waals surface area contributed by atoms with Gasteiger partial charge < -0.3 is 4.90 Å². The maximum atomic E-state index is 12.0. The van der Waals surface area contributed by atoms with Crippen LogP contribution in [0.25, 0.3) is 11.1 Å². The van der Waals surface area contributed by atoms with Gasteiger partial charge in [-0.2, -0.15) is 0 Å². The zero-order valence-corrected chi connectivity index (χ0v) is 12.3. The molecule has 0 atom stereocenters. The maximum Gasteiger partial charge on any atom is 0.226 e. The van der Waals surface area contributed by atoms with Crippen LogP contribution in [-0.2, 0) is 11.2 Å². The second-order valence-electron chi connectivity index (χ2n) is 5.34. The molecule has 0 aromatic heterocycles. The molecule has 0 heterocycles. The summed E-state index contributed by atoms with van der Waals surface area (Å²) in [5.74, 6) is 0.160. The quantitative estimate of drug-likeness (QED) is 0.826. The van der Waals surface area contributed by atoms with Crippen molar-refractivity contribution in [3.63, 3.8) is 0 Å². The first kappa shape index (κ1) is 14.3. The first-order chi connectivity index (χ1) is 9.58. The molecular formula is C18H21NO. The van der Waals surface area contributed by atoms with Crippen molar-refractivity contribution < 1.29 is 4.79 Å². The van der Waals surface area contributed by atoms with Gasteiger partial charge >= 0.3 is 0 Å². The molecule has 104 valence electrons. The number of hydrogen-bond donors (Lipinski definition) is 0. The van der Waals surface area contributed by atoms with E-state index in [2.05, 4.69) is 24.3 Å². The van der Waals surface area contributed by atoms with Crippen LogP contribution in [0.2, 0.25) is 0 Å². The lowest BCUT2D eigenvalue weighted by atomic mass is 10.0. The van der Waals surface area contributed by atoms with Crippen LogP contribution in [-0.4, -0.2) is 23.9 Å². The maximum absolute atomic E-state index is 12.0. The van der Waals surface area contributed by atoms with Gasteiger partial charge in [-0.25, -0.2) is 0 Å². The standard InChI is InChI=1S/C18H21NO/c1-14(2)19(3)18(20)13-15-9-11-17(12-10-15)16-7-5-4-6-8-16/h4-12,14H,13H2,1-3H3. The summed E-state index contributed by atoms with van der Waals surface area (Å²) < 4.78 is 0. The highest BCUT2D eigenvalue weighted by molar-refractivity contribution is 5.79. The molecule has 0 spiro atoms. The predicted octanol–water partition coefficient (Wildman–Crippen LogP) is 3.76. The summed E-state index contributed by atoms with van der Waals surface area (Å²) in [5.41, 5.74) is 3.44. The molecule has 0 fully saturated rings. The van der Waals surface area contributed by atoms with Crippen molar-refractivity contribution in [2.45, 2.75) is 26.3 Å². The Morgan fingerprint density at radius 3 is 2.05 bits per heavy atom. The van der Waals surface area contributed by atoms with Gasteiger partial charge in [-0.1, -0.05) is 54.6 Å². The lowest BCUT2D eigenvalue weighted by Crippen LogP contribution is -2.34. The first-order valence-corrected chi connectivity index (χ1v) is 6.98. The molecule has 0 radical (unpaired) electrons. The minimum atomic E-state index is 0.160. The van der Waals surface area contributed by atoms with Crippen LogP contribution in [0.15, 0.2) is 54.6 Å². The zero-order chi connectivity index (χ0) is 14.5. The summed E-state index contributed by atoms with van der Waals surface area (Å²) in [5, 5.41) is 0. The van der Waals surface area contributed by atoms with Gasteiger partial charge in [0, 0.05) is 13.1 Å². The monoisotopic (exact) mass is 267 g/mol. The number of nitrogens with zero attached hydrogens (tertiary/aromatic N) is 1. The minimum absolute atomic E-state index is 0.160. The Labute approximate surface area is 121 Å². The van der Waals surface area contributed by atoms with Gasteiger partial charge in [-0.05, 0) is 30.5 Å². The van der Waals surface area contributed by atoms with Crippen LogP contribution in [0.3, 0.4) is 0 Å². The molecule has 20 heavy (non-hydrogen) atoms. The Balaban J connectivity index is 2.08. The molecule has 0 aliphatic rings. The molecule has 2 rings (SSSR count). The fourth-order valence-corrected chi connectivity index (χ4v) is 2.03. The van der Waals surface area contributed by atoms with Gasteiger partial charge in [0.2, 0.25) is 5.91 Å². The highest BCUT2D eigenvalue weighted by atomic mass is 16.2. The summed E-state index contributed by atoms with van der Waals surface area (Å²) in [4.78, 5) is 13.8. The van der Waals surface area contributed by atoms with E-state index in [-0.39, 0.29) is 11.9 Å². The van der Waals surface area contributed by atoms with E-state index in [9.17, 15) is 4.79 Å². The third kappa shape index (κ3) is 3.47. The van der Waals surface area contributed by atoms with Crippen LogP contribution in [0.4, 0.5) is 0 Å². The number of carbonyl (C=O) groups is 1. The molecule has 2 aromatic carbocycles. The van der Waals surface area contributed by atoms with Gasteiger partial charge in [-0.15, -0.1) is 0 Å². The molecule has 1 amide bonds. The van der Waals surface area contributed by atoms with Crippen molar-refractivity contribution in [3.8, 4) is 11.1 Å². The Kier molecular flexibility index (Phi) is 4.57. The van der Waals surface area contributed by atoms with E-state index < -0.39 is 0 Å². The fraction of sp³-hybridized carbons (Fsp3) is 0.278. The summed E-state index contributed by atoms with van der Waals surface area (Å²) in [6.07, 6.45) is 0.462. The first-order valence-electron chi connectivity index (χ1n) is 6.98. The van der Waals surface area contributed by atoms with Crippen LogP contribution < -0.4 is 0 Å². The van der Waals surface area contributed by atoms with Gasteiger partial charge in [0.1, 0.15) is 0 Å². The van der Waals surface area contributed by atoms with Gasteiger partial charge in [0.25, 0.3) is 0 Å². The molecular weight excluding hydrogens is 246 g/mol.